The Labute approximate surface area is 61.1 Å². The normalized spacial score (nSPS) is 10.4. The van der Waals surface area contributed by atoms with Crippen LogP contribution in [-0.2, 0) is 14.4 Å². The summed E-state index contributed by atoms with van der Waals surface area (Å²) < 4.78 is 0. The lowest BCUT2D eigenvalue weighted by Crippen LogP contribution is -2.19. The van der Waals surface area contributed by atoms with Crippen molar-refractivity contribution in [3.8, 4) is 0 Å². The van der Waals surface area contributed by atoms with Crippen LogP contribution >= 0.6 is 0 Å². The van der Waals surface area contributed by atoms with E-state index in [0.717, 1.165) is 0 Å². The highest BCUT2D eigenvalue weighted by molar-refractivity contribution is 5.95. The highest BCUT2D eigenvalue weighted by Crippen LogP contribution is 1.86. The van der Waals surface area contributed by atoms with Gasteiger partial charge in [-0.3, -0.25) is 4.79 Å². The van der Waals surface area contributed by atoms with Crippen LogP contribution in [0.5, 0.6) is 0 Å². The summed E-state index contributed by atoms with van der Waals surface area (Å²) in [5, 5.41) is 18.0. The van der Waals surface area contributed by atoms with E-state index in [4.69, 9.17) is 10.2 Å². The fraction of sp³-hybridized carbons (Fsp3) is 0. The first-order valence-corrected chi connectivity index (χ1v) is 2.46. The largest absolute Gasteiger partial charge is 0.478 e. The first-order chi connectivity index (χ1) is 5.07. The Bertz CT molecular complexity index is 219. The van der Waals surface area contributed by atoms with Crippen LogP contribution in [0.25, 0.3) is 0 Å². The van der Waals surface area contributed by atoms with E-state index in [-0.39, 0.29) is 6.41 Å². The van der Waals surface area contributed by atoms with Crippen molar-refractivity contribution >= 4 is 18.3 Å². The van der Waals surface area contributed by atoms with Crippen LogP contribution in [0.4, 0.5) is 0 Å². The molecular weight excluding hydrogens is 154 g/mol. The molecule has 11 heavy (non-hydrogen) atoms. The summed E-state index contributed by atoms with van der Waals surface area (Å²) in [6.45, 7) is 0. The second kappa shape index (κ2) is 4.04. The van der Waals surface area contributed by atoms with E-state index in [0.29, 0.717) is 6.08 Å². The van der Waals surface area contributed by atoms with E-state index < -0.39 is 17.6 Å². The van der Waals surface area contributed by atoms with Gasteiger partial charge in [0, 0.05) is 0 Å². The van der Waals surface area contributed by atoms with Crippen molar-refractivity contribution in [2.24, 2.45) is 0 Å². The van der Waals surface area contributed by atoms with E-state index >= 15 is 0 Å². The van der Waals surface area contributed by atoms with Crippen LogP contribution in [-0.4, -0.2) is 28.6 Å². The minimum absolute atomic E-state index is 0.0862. The maximum atomic E-state index is 10.1. The molecule has 0 aromatic heterocycles. The summed E-state index contributed by atoms with van der Waals surface area (Å²) in [5.74, 6) is -2.93. The average Bonchev–Trinajstić information content (AvgIpc) is 1.86. The van der Waals surface area contributed by atoms with Gasteiger partial charge in [-0.2, -0.15) is 0 Å². The lowest BCUT2D eigenvalue weighted by Gasteiger charge is -1.95. The number of carbonyl (C=O) groups excluding carboxylic acids is 1. The third-order valence-corrected chi connectivity index (χ3v) is 0.713. The molecule has 0 aliphatic carbocycles. The molecule has 0 saturated heterocycles. The van der Waals surface area contributed by atoms with Crippen LogP contribution in [0.2, 0.25) is 0 Å². The van der Waals surface area contributed by atoms with Gasteiger partial charge in [0.15, 0.2) is 0 Å². The molecule has 0 aliphatic heterocycles. The van der Waals surface area contributed by atoms with Crippen LogP contribution in [0.15, 0.2) is 11.8 Å². The third kappa shape index (κ3) is 3.68. The standard InChI is InChI=1S/C5H5NO5/c7-2-6-3(5(10)11)1-4(8)9/h1-2H,(H,6,7)(H,8,9)(H,10,11)/b3-1-. The van der Waals surface area contributed by atoms with Gasteiger partial charge < -0.3 is 15.5 Å². The minimum Gasteiger partial charge on any atom is -0.478 e. The Hall–Kier alpha value is -1.85. The molecule has 6 nitrogen and oxygen atoms in total. The molecule has 0 bridgehead atoms. The van der Waals surface area contributed by atoms with E-state index in [1.807, 2.05) is 0 Å². The van der Waals surface area contributed by atoms with Gasteiger partial charge in [0.05, 0.1) is 6.08 Å². The van der Waals surface area contributed by atoms with Crippen molar-refractivity contribution < 1.29 is 24.6 Å². The molecule has 0 spiro atoms. The van der Waals surface area contributed by atoms with E-state index in [2.05, 4.69) is 0 Å². The molecule has 0 aromatic rings. The van der Waals surface area contributed by atoms with Crippen molar-refractivity contribution in [1.29, 1.82) is 0 Å². The zero-order valence-electron chi connectivity index (χ0n) is 5.27. The molecule has 0 radical (unpaired) electrons. The molecule has 0 atom stereocenters. The smallest absolute Gasteiger partial charge is 0.352 e. The van der Waals surface area contributed by atoms with Crippen LogP contribution < -0.4 is 5.32 Å². The van der Waals surface area contributed by atoms with Gasteiger partial charge in [-0.1, -0.05) is 0 Å². The molecule has 0 saturated carbocycles. The molecule has 0 aliphatic rings. The van der Waals surface area contributed by atoms with Crippen molar-refractivity contribution in [3.63, 3.8) is 0 Å². The minimum atomic E-state index is -1.50. The second-order valence-electron chi connectivity index (χ2n) is 1.46. The Morgan fingerprint density at radius 3 is 2.09 bits per heavy atom. The Morgan fingerprint density at radius 1 is 1.27 bits per heavy atom. The van der Waals surface area contributed by atoms with Crippen LogP contribution in [0.3, 0.4) is 0 Å². The molecule has 0 fully saturated rings. The Kier molecular flexibility index (Phi) is 3.36. The first-order valence-electron chi connectivity index (χ1n) is 2.46. The quantitative estimate of drug-likeness (QED) is 0.352. The number of hydrogen-bond donors (Lipinski definition) is 3. The lowest BCUT2D eigenvalue weighted by molar-refractivity contribution is -0.135. The average molecular weight is 159 g/mol. The van der Waals surface area contributed by atoms with Crippen molar-refractivity contribution in [1.82, 2.24) is 5.32 Å². The maximum absolute atomic E-state index is 10.1. The van der Waals surface area contributed by atoms with Crippen molar-refractivity contribution in [3.05, 3.63) is 11.8 Å². The molecule has 3 N–H and O–H groups in total. The van der Waals surface area contributed by atoms with Gasteiger partial charge in [0.1, 0.15) is 5.70 Å². The summed E-state index contributed by atoms with van der Waals surface area (Å²) in [5.41, 5.74) is -0.674. The zero-order chi connectivity index (χ0) is 8.85. The topological polar surface area (TPSA) is 104 Å². The fourth-order valence-corrected chi connectivity index (χ4v) is 0.352. The molecule has 1 amide bonds. The number of hydrogen-bond acceptors (Lipinski definition) is 3. The van der Waals surface area contributed by atoms with E-state index in [1.54, 1.807) is 5.32 Å². The van der Waals surface area contributed by atoms with Crippen molar-refractivity contribution in [2.45, 2.75) is 0 Å². The summed E-state index contributed by atoms with van der Waals surface area (Å²) in [4.78, 5) is 29.7. The number of carbonyl (C=O) groups is 3. The lowest BCUT2D eigenvalue weighted by atomic mass is 10.4. The van der Waals surface area contributed by atoms with Crippen LogP contribution in [0, 0.1) is 0 Å². The molecule has 6 heteroatoms. The Morgan fingerprint density at radius 2 is 1.82 bits per heavy atom. The molecule has 0 unspecified atom stereocenters. The highest BCUT2D eigenvalue weighted by atomic mass is 16.4. The summed E-state index contributed by atoms with van der Waals surface area (Å²) >= 11 is 0. The first kappa shape index (κ1) is 9.15. The van der Waals surface area contributed by atoms with Gasteiger partial charge in [-0.25, -0.2) is 9.59 Å². The van der Waals surface area contributed by atoms with Gasteiger partial charge in [-0.15, -0.1) is 0 Å². The van der Waals surface area contributed by atoms with Gasteiger partial charge >= 0.3 is 11.9 Å². The fourth-order valence-electron chi connectivity index (χ4n) is 0.352. The van der Waals surface area contributed by atoms with Gasteiger partial charge in [0.25, 0.3) is 0 Å². The number of nitrogens with one attached hydrogen (secondary N) is 1. The Balaban J connectivity index is 4.44. The number of carboxylic acids is 2. The van der Waals surface area contributed by atoms with Gasteiger partial charge in [-0.05, 0) is 0 Å². The molecule has 0 aromatic carbocycles. The second-order valence-corrected chi connectivity index (χ2v) is 1.46. The summed E-state index contributed by atoms with van der Waals surface area (Å²) in [6.07, 6.45) is 0.472. The SMILES string of the molecule is O=CN/C(=C\C(=O)O)C(=O)O. The predicted molar refractivity (Wildman–Crippen MR) is 32.6 cm³/mol. The highest BCUT2D eigenvalue weighted by Gasteiger charge is 2.06. The monoisotopic (exact) mass is 159 g/mol. The number of aliphatic carboxylic acids is 2. The van der Waals surface area contributed by atoms with Gasteiger partial charge in [0.2, 0.25) is 6.41 Å². The van der Waals surface area contributed by atoms with Crippen molar-refractivity contribution in [2.75, 3.05) is 0 Å². The predicted octanol–water partition coefficient (Wildman–Crippen LogP) is -1.21. The van der Waals surface area contributed by atoms with E-state index in [9.17, 15) is 14.4 Å². The molecule has 60 valence electrons. The third-order valence-electron chi connectivity index (χ3n) is 0.713. The molecule has 0 heterocycles. The summed E-state index contributed by atoms with van der Waals surface area (Å²) in [7, 11) is 0. The zero-order valence-corrected chi connectivity index (χ0v) is 5.27. The summed E-state index contributed by atoms with van der Waals surface area (Å²) in [6, 6.07) is 0. The molecular formula is C5H5NO5. The maximum Gasteiger partial charge on any atom is 0.352 e. The van der Waals surface area contributed by atoms with Crippen LogP contribution in [0.1, 0.15) is 0 Å². The number of carboxylic acid groups (broad SMARTS) is 2. The van der Waals surface area contributed by atoms with E-state index in [1.165, 1.54) is 0 Å². The number of rotatable bonds is 4. The molecule has 0 rings (SSSR count). The number of amides is 1.